The molecule has 2 N–H and O–H groups in total. The maximum atomic E-state index is 11.7. The lowest BCUT2D eigenvalue weighted by Crippen LogP contribution is -2.30. The molecule has 0 aromatic heterocycles. The van der Waals surface area contributed by atoms with Gasteiger partial charge in [0.05, 0.1) is 11.5 Å². The van der Waals surface area contributed by atoms with Crippen molar-refractivity contribution in [3.05, 3.63) is 0 Å². The fourth-order valence-electron chi connectivity index (χ4n) is 1.10. The van der Waals surface area contributed by atoms with Crippen LogP contribution >= 0.6 is 0 Å². The van der Waals surface area contributed by atoms with E-state index in [9.17, 15) is 21.6 Å². The van der Waals surface area contributed by atoms with Gasteiger partial charge in [-0.15, -0.1) is 0 Å². The maximum Gasteiger partial charge on any atom is 0.411 e. The predicted octanol–water partition coefficient (Wildman–Crippen LogP) is 1.11. The second kappa shape index (κ2) is 7.17. The zero-order valence-electron chi connectivity index (χ0n) is 9.66. The molecule has 104 valence electrons. The van der Waals surface area contributed by atoms with Gasteiger partial charge in [-0.2, -0.15) is 13.2 Å². The van der Waals surface area contributed by atoms with Crippen LogP contribution in [-0.4, -0.2) is 45.4 Å². The van der Waals surface area contributed by atoms with Crippen molar-refractivity contribution < 1.29 is 26.3 Å². The van der Waals surface area contributed by atoms with Gasteiger partial charge in [0.15, 0.2) is 9.84 Å². The Morgan fingerprint density at radius 2 is 1.94 bits per heavy atom. The Kier molecular flexibility index (Phi) is 7.03. The van der Waals surface area contributed by atoms with Crippen molar-refractivity contribution in [1.29, 1.82) is 0 Å². The molecule has 0 heterocycles. The number of ether oxygens (including phenoxy) is 1. The van der Waals surface area contributed by atoms with Gasteiger partial charge >= 0.3 is 6.18 Å². The summed E-state index contributed by atoms with van der Waals surface area (Å²) in [5, 5.41) is 0. The molecule has 0 amide bonds. The number of rotatable bonds is 8. The van der Waals surface area contributed by atoms with Crippen LogP contribution in [0.1, 0.15) is 19.8 Å². The van der Waals surface area contributed by atoms with E-state index in [0.717, 1.165) is 0 Å². The third-order valence-corrected chi connectivity index (χ3v) is 3.85. The molecule has 0 fully saturated rings. The van der Waals surface area contributed by atoms with Crippen LogP contribution in [0.25, 0.3) is 0 Å². The zero-order chi connectivity index (χ0) is 13.5. The molecular weight excluding hydrogens is 259 g/mol. The molecule has 0 aromatic carbocycles. The molecule has 1 atom stereocenters. The number of sulfone groups is 1. The lowest BCUT2D eigenvalue weighted by Gasteiger charge is -2.10. The van der Waals surface area contributed by atoms with Crippen molar-refractivity contribution in [3.8, 4) is 0 Å². The molecule has 0 bridgehead atoms. The molecule has 0 saturated heterocycles. The van der Waals surface area contributed by atoms with E-state index in [1.807, 2.05) is 0 Å². The monoisotopic (exact) mass is 277 g/mol. The van der Waals surface area contributed by atoms with Gasteiger partial charge in [0.1, 0.15) is 6.61 Å². The molecule has 0 aliphatic rings. The predicted molar refractivity (Wildman–Crippen MR) is 58.4 cm³/mol. The number of halogens is 3. The first-order chi connectivity index (χ1) is 7.66. The van der Waals surface area contributed by atoms with Crippen molar-refractivity contribution in [2.45, 2.75) is 32.0 Å². The quantitative estimate of drug-likeness (QED) is 0.675. The topological polar surface area (TPSA) is 69.4 Å². The minimum absolute atomic E-state index is 0.0504. The molecular formula is C9H18F3NO3S. The van der Waals surface area contributed by atoms with E-state index in [0.29, 0.717) is 6.42 Å². The molecule has 0 spiro atoms. The zero-order valence-corrected chi connectivity index (χ0v) is 10.5. The molecule has 0 radical (unpaired) electrons. The molecule has 0 rings (SSSR count). The number of nitrogens with two attached hydrogens (primary N) is 1. The standard InChI is InChI=1S/C9H18F3NO3S/c1-2-8(13)6-17(14,15)5-3-4-16-7-9(10,11)12/h8H,2-7,13H2,1H3. The van der Waals surface area contributed by atoms with Crippen molar-refractivity contribution in [3.63, 3.8) is 0 Å². The van der Waals surface area contributed by atoms with Gasteiger partial charge in [0.2, 0.25) is 0 Å². The molecule has 4 nitrogen and oxygen atoms in total. The number of hydrogen-bond acceptors (Lipinski definition) is 4. The number of hydrogen-bond donors (Lipinski definition) is 1. The molecule has 0 saturated carbocycles. The molecule has 17 heavy (non-hydrogen) atoms. The second-order valence-electron chi connectivity index (χ2n) is 3.80. The first kappa shape index (κ1) is 16.7. The average Bonchev–Trinajstić information content (AvgIpc) is 2.14. The summed E-state index contributed by atoms with van der Waals surface area (Å²) in [5.74, 6) is -0.332. The highest BCUT2D eigenvalue weighted by Crippen LogP contribution is 2.14. The molecule has 0 aromatic rings. The Morgan fingerprint density at radius 1 is 1.35 bits per heavy atom. The van der Waals surface area contributed by atoms with Gasteiger partial charge in [-0.3, -0.25) is 0 Å². The lowest BCUT2D eigenvalue weighted by molar-refractivity contribution is -0.173. The van der Waals surface area contributed by atoms with E-state index in [4.69, 9.17) is 5.73 Å². The van der Waals surface area contributed by atoms with Crippen LogP contribution in [0.4, 0.5) is 13.2 Å². The first-order valence-corrected chi connectivity index (χ1v) is 7.09. The largest absolute Gasteiger partial charge is 0.411 e. The minimum Gasteiger partial charge on any atom is -0.372 e. The molecule has 8 heteroatoms. The van der Waals surface area contributed by atoms with Crippen LogP contribution < -0.4 is 5.73 Å². The summed E-state index contributed by atoms with van der Waals surface area (Å²) in [6, 6.07) is -0.420. The van der Waals surface area contributed by atoms with Gasteiger partial charge in [0, 0.05) is 12.6 Å². The van der Waals surface area contributed by atoms with Crippen LogP contribution in [-0.2, 0) is 14.6 Å². The van der Waals surface area contributed by atoms with Gasteiger partial charge < -0.3 is 10.5 Å². The van der Waals surface area contributed by atoms with E-state index in [-0.39, 0.29) is 24.5 Å². The Hall–Kier alpha value is -0.340. The van der Waals surface area contributed by atoms with Crippen molar-refractivity contribution in [2.75, 3.05) is 24.7 Å². The summed E-state index contributed by atoms with van der Waals surface area (Å²) in [4.78, 5) is 0. The summed E-state index contributed by atoms with van der Waals surface area (Å²) in [6.07, 6.45) is -3.78. The van der Waals surface area contributed by atoms with E-state index in [1.165, 1.54) is 0 Å². The van der Waals surface area contributed by atoms with Crippen molar-refractivity contribution in [2.24, 2.45) is 5.73 Å². The Bertz CT molecular complexity index is 303. The van der Waals surface area contributed by atoms with Gasteiger partial charge in [-0.1, -0.05) is 6.92 Å². The third kappa shape index (κ3) is 10.5. The SMILES string of the molecule is CCC(N)CS(=O)(=O)CCCOCC(F)(F)F. The van der Waals surface area contributed by atoms with Gasteiger partial charge in [-0.05, 0) is 12.8 Å². The fourth-order valence-corrected chi connectivity index (χ4v) is 2.71. The van der Waals surface area contributed by atoms with E-state index >= 15 is 0 Å². The van der Waals surface area contributed by atoms with E-state index in [1.54, 1.807) is 6.92 Å². The van der Waals surface area contributed by atoms with Crippen molar-refractivity contribution >= 4 is 9.84 Å². The Balaban J connectivity index is 3.74. The summed E-state index contributed by atoms with van der Waals surface area (Å²) in [5.41, 5.74) is 5.49. The summed E-state index contributed by atoms with van der Waals surface area (Å²) >= 11 is 0. The molecule has 0 aliphatic carbocycles. The first-order valence-electron chi connectivity index (χ1n) is 5.27. The average molecular weight is 277 g/mol. The molecule has 0 aliphatic heterocycles. The Morgan fingerprint density at radius 3 is 2.41 bits per heavy atom. The van der Waals surface area contributed by atoms with Crippen LogP contribution in [0, 0.1) is 0 Å². The van der Waals surface area contributed by atoms with Gasteiger partial charge in [-0.25, -0.2) is 8.42 Å². The van der Waals surface area contributed by atoms with Crippen molar-refractivity contribution in [1.82, 2.24) is 0 Å². The lowest BCUT2D eigenvalue weighted by atomic mass is 10.3. The molecule has 1 unspecified atom stereocenters. The Labute approximate surface area is 99.2 Å². The van der Waals surface area contributed by atoms with Crippen LogP contribution in [0.3, 0.4) is 0 Å². The fraction of sp³-hybridized carbons (Fsp3) is 1.00. The highest BCUT2D eigenvalue weighted by atomic mass is 32.2. The highest BCUT2D eigenvalue weighted by molar-refractivity contribution is 7.91. The normalized spacial score (nSPS) is 14.9. The van der Waals surface area contributed by atoms with Crippen LogP contribution in [0.15, 0.2) is 0 Å². The second-order valence-corrected chi connectivity index (χ2v) is 6.03. The van der Waals surface area contributed by atoms with E-state index < -0.39 is 28.7 Å². The summed E-state index contributed by atoms with van der Waals surface area (Å²) in [7, 11) is -3.30. The highest BCUT2D eigenvalue weighted by Gasteiger charge is 2.27. The summed E-state index contributed by atoms with van der Waals surface area (Å²) in [6.45, 7) is 0.203. The van der Waals surface area contributed by atoms with Gasteiger partial charge in [0.25, 0.3) is 0 Å². The smallest absolute Gasteiger partial charge is 0.372 e. The van der Waals surface area contributed by atoms with E-state index in [2.05, 4.69) is 4.74 Å². The maximum absolute atomic E-state index is 11.7. The summed E-state index contributed by atoms with van der Waals surface area (Å²) < 4.78 is 62.1. The van der Waals surface area contributed by atoms with Crippen LogP contribution in [0.5, 0.6) is 0 Å². The third-order valence-electron chi connectivity index (χ3n) is 2.00. The minimum atomic E-state index is -4.37. The number of alkyl halides is 3. The van der Waals surface area contributed by atoms with Crippen LogP contribution in [0.2, 0.25) is 0 Å².